The minimum atomic E-state index is -0.671. The number of aromatic nitrogens is 2. The summed E-state index contributed by atoms with van der Waals surface area (Å²) in [6.45, 7) is 1.92. The van der Waals surface area contributed by atoms with Crippen molar-refractivity contribution >= 4 is 11.9 Å². The van der Waals surface area contributed by atoms with Crippen molar-refractivity contribution in [3.8, 4) is 0 Å². The number of nitrogens with zero attached hydrogens (tertiary/aromatic N) is 2. The van der Waals surface area contributed by atoms with Crippen LogP contribution in [0.2, 0.25) is 0 Å². The van der Waals surface area contributed by atoms with Gasteiger partial charge in [-0.05, 0) is 38.7 Å². The number of carboxylic acid groups (broad SMARTS) is 1. The van der Waals surface area contributed by atoms with Crippen LogP contribution in [0, 0.1) is 12.8 Å². The Morgan fingerprint density at radius 1 is 1.41 bits per heavy atom. The molecule has 0 unspecified atom stereocenters. The van der Waals surface area contributed by atoms with Crippen molar-refractivity contribution in [3.63, 3.8) is 0 Å². The van der Waals surface area contributed by atoms with Crippen LogP contribution in [0.15, 0.2) is 12.3 Å². The zero-order valence-corrected chi connectivity index (χ0v) is 9.89. The van der Waals surface area contributed by atoms with Crippen LogP contribution >= 0.6 is 0 Å². The van der Waals surface area contributed by atoms with Gasteiger partial charge >= 0.3 is 5.97 Å². The number of rotatable bonds is 3. The minimum Gasteiger partial charge on any atom is -0.481 e. The Bertz CT molecular complexity index is 400. The second-order valence-electron chi connectivity index (χ2n) is 4.55. The Morgan fingerprint density at radius 3 is 2.71 bits per heavy atom. The standard InChI is InChI=1S/C12H17N3O2/c1-8-6-7-13-12(14-8)15-10-4-2-9(3-5-10)11(16)17/h6-7,9-10H,2-5H2,1H3,(H,16,17)(H,13,14,15). The van der Waals surface area contributed by atoms with Crippen LogP contribution in [0.1, 0.15) is 31.4 Å². The molecule has 0 spiro atoms. The second-order valence-corrected chi connectivity index (χ2v) is 4.55. The number of aliphatic carboxylic acids is 1. The van der Waals surface area contributed by atoms with Crippen LogP contribution in [0.25, 0.3) is 0 Å². The Balaban J connectivity index is 1.88. The van der Waals surface area contributed by atoms with Gasteiger partial charge in [0.2, 0.25) is 5.95 Å². The smallest absolute Gasteiger partial charge is 0.306 e. The van der Waals surface area contributed by atoms with Crippen LogP contribution < -0.4 is 5.32 Å². The summed E-state index contributed by atoms with van der Waals surface area (Å²) >= 11 is 0. The van der Waals surface area contributed by atoms with E-state index in [9.17, 15) is 4.79 Å². The molecular weight excluding hydrogens is 218 g/mol. The summed E-state index contributed by atoms with van der Waals surface area (Å²) in [4.78, 5) is 19.3. The minimum absolute atomic E-state index is 0.175. The van der Waals surface area contributed by atoms with Crippen molar-refractivity contribution in [2.75, 3.05) is 5.32 Å². The zero-order chi connectivity index (χ0) is 12.3. The molecule has 2 rings (SSSR count). The van der Waals surface area contributed by atoms with Gasteiger partial charge in [0.25, 0.3) is 0 Å². The Hall–Kier alpha value is -1.65. The molecule has 1 aromatic heterocycles. The first-order chi connectivity index (χ1) is 8.15. The van der Waals surface area contributed by atoms with Crippen molar-refractivity contribution in [2.24, 2.45) is 5.92 Å². The molecule has 1 heterocycles. The van der Waals surface area contributed by atoms with Gasteiger partial charge in [-0.25, -0.2) is 9.97 Å². The van der Waals surface area contributed by atoms with E-state index in [2.05, 4.69) is 15.3 Å². The molecule has 2 N–H and O–H groups in total. The van der Waals surface area contributed by atoms with Gasteiger partial charge in [-0.1, -0.05) is 0 Å². The number of hydrogen-bond acceptors (Lipinski definition) is 4. The Labute approximate surface area is 100 Å². The first-order valence-electron chi connectivity index (χ1n) is 5.94. The number of hydrogen-bond donors (Lipinski definition) is 2. The molecule has 5 heteroatoms. The van der Waals surface area contributed by atoms with Crippen LogP contribution in [-0.2, 0) is 4.79 Å². The first-order valence-corrected chi connectivity index (χ1v) is 5.94. The van der Waals surface area contributed by atoms with Gasteiger partial charge in [-0.3, -0.25) is 4.79 Å². The molecule has 5 nitrogen and oxygen atoms in total. The largest absolute Gasteiger partial charge is 0.481 e. The molecule has 1 aromatic rings. The van der Waals surface area contributed by atoms with Gasteiger partial charge in [-0.2, -0.15) is 0 Å². The van der Waals surface area contributed by atoms with E-state index in [4.69, 9.17) is 5.11 Å². The lowest BCUT2D eigenvalue weighted by molar-refractivity contribution is -0.142. The lowest BCUT2D eigenvalue weighted by Gasteiger charge is -2.26. The van der Waals surface area contributed by atoms with Crippen molar-refractivity contribution in [3.05, 3.63) is 18.0 Å². The molecule has 1 aliphatic rings. The third-order valence-corrected chi connectivity index (χ3v) is 3.20. The van der Waals surface area contributed by atoms with Gasteiger partial charge < -0.3 is 10.4 Å². The fourth-order valence-corrected chi connectivity index (χ4v) is 2.19. The van der Waals surface area contributed by atoms with Gasteiger partial charge in [-0.15, -0.1) is 0 Å². The summed E-state index contributed by atoms with van der Waals surface area (Å²) in [6, 6.07) is 2.15. The van der Waals surface area contributed by atoms with E-state index in [1.54, 1.807) is 6.20 Å². The van der Waals surface area contributed by atoms with Crippen LogP contribution in [0.3, 0.4) is 0 Å². The maximum Gasteiger partial charge on any atom is 0.306 e. The van der Waals surface area contributed by atoms with Crippen molar-refractivity contribution in [2.45, 2.75) is 38.6 Å². The summed E-state index contributed by atoms with van der Waals surface area (Å²) in [6.07, 6.45) is 4.94. The highest BCUT2D eigenvalue weighted by atomic mass is 16.4. The third kappa shape index (κ3) is 3.15. The number of carbonyl (C=O) groups is 1. The third-order valence-electron chi connectivity index (χ3n) is 3.20. The first kappa shape index (κ1) is 11.8. The molecule has 0 atom stereocenters. The molecule has 0 aromatic carbocycles. The monoisotopic (exact) mass is 235 g/mol. The highest BCUT2D eigenvalue weighted by Crippen LogP contribution is 2.25. The SMILES string of the molecule is Cc1ccnc(NC2CCC(C(=O)O)CC2)n1. The van der Waals surface area contributed by atoms with Gasteiger partial charge in [0.05, 0.1) is 5.92 Å². The van der Waals surface area contributed by atoms with E-state index in [0.717, 1.165) is 31.4 Å². The normalized spacial score (nSPS) is 24.3. The molecule has 1 saturated carbocycles. The zero-order valence-electron chi connectivity index (χ0n) is 9.89. The number of carboxylic acids is 1. The molecule has 0 bridgehead atoms. The summed E-state index contributed by atoms with van der Waals surface area (Å²) in [7, 11) is 0. The average Bonchev–Trinajstić information content (AvgIpc) is 2.29. The number of aryl methyl sites for hydroxylation is 1. The molecule has 1 fully saturated rings. The van der Waals surface area contributed by atoms with E-state index in [0.29, 0.717) is 12.0 Å². The van der Waals surface area contributed by atoms with E-state index in [1.165, 1.54) is 0 Å². The van der Waals surface area contributed by atoms with E-state index >= 15 is 0 Å². The molecule has 92 valence electrons. The Morgan fingerprint density at radius 2 is 2.12 bits per heavy atom. The summed E-state index contributed by atoms with van der Waals surface area (Å²) in [5.74, 6) is -0.203. The average molecular weight is 235 g/mol. The molecule has 1 aliphatic carbocycles. The molecule has 17 heavy (non-hydrogen) atoms. The maximum atomic E-state index is 10.8. The van der Waals surface area contributed by atoms with Crippen molar-refractivity contribution in [1.29, 1.82) is 0 Å². The maximum absolute atomic E-state index is 10.8. The highest BCUT2D eigenvalue weighted by Gasteiger charge is 2.26. The summed E-state index contributed by atoms with van der Waals surface area (Å²) in [5, 5.41) is 12.2. The molecule has 0 radical (unpaired) electrons. The lowest BCUT2D eigenvalue weighted by Crippen LogP contribution is -2.29. The molecule has 0 amide bonds. The molecule has 0 aliphatic heterocycles. The fourth-order valence-electron chi connectivity index (χ4n) is 2.19. The number of nitrogens with one attached hydrogen (secondary N) is 1. The van der Waals surface area contributed by atoms with Crippen LogP contribution in [-0.4, -0.2) is 27.1 Å². The summed E-state index contributed by atoms with van der Waals surface area (Å²) in [5.41, 5.74) is 0.932. The van der Waals surface area contributed by atoms with Gasteiger partial charge in [0, 0.05) is 17.9 Å². The van der Waals surface area contributed by atoms with Gasteiger partial charge in [0.15, 0.2) is 0 Å². The second kappa shape index (κ2) is 5.12. The number of anilines is 1. The lowest BCUT2D eigenvalue weighted by atomic mass is 9.86. The highest BCUT2D eigenvalue weighted by molar-refractivity contribution is 5.70. The quantitative estimate of drug-likeness (QED) is 0.836. The van der Waals surface area contributed by atoms with Crippen molar-refractivity contribution in [1.82, 2.24) is 9.97 Å². The predicted molar refractivity (Wildman–Crippen MR) is 63.8 cm³/mol. The fraction of sp³-hybridized carbons (Fsp3) is 0.583. The predicted octanol–water partition coefficient (Wildman–Crippen LogP) is 1.84. The van der Waals surface area contributed by atoms with Crippen LogP contribution in [0.5, 0.6) is 0 Å². The molecule has 0 saturated heterocycles. The van der Waals surface area contributed by atoms with Crippen LogP contribution in [0.4, 0.5) is 5.95 Å². The van der Waals surface area contributed by atoms with Crippen molar-refractivity contribution < 1.29 is 9.90 Å². The summed E-state index contributed by atoms with van der Waals surface area (Å²) < 4.78 is 0. The van der Waals surface area contributed by atoms with Gasteiger partial charge in [0.1, 0.15) is 0 Å². The van der Waals surface area contributed by atoms with E-state index in [1.807, 2.05) is 13.0 Å². The Kier molecular flexibility index (Phi) is 3.56. The van der Waals surface area contributed by atoms with E-state index < -0.39 is 5.97 Å². The topological polar surface area (TPSA) is 75.1 Å². The molecular formula is C12H17N3O2. The van der Waals surface area contributed by atoms with E-state index in [-0.39, 0.29) is 5.92 Å².